The van der Waals surface area contributed by atoms with E-state index in [1.54, 1.807) is 6.07 Å². The minimum absolute atomic E-state index is 0.00968. The van der Waals surface area contributed by atoms with E-state index in [0.29, 0.717) is 11.3 Å². The lowest BCUT2D eigenvalue weighted by Crippen LogP contribution is -1.93. The number of nitrogens with zero attached hydrogens (tertiary/aromatic N) is 1. The third-order valence-corrected chi connectivity index (χ3v) is 1.65. The fourth-order valence-electron chi connectivity index (χ4n) is 0.961. The van der Waals surface area contributed by atoms with E-state index in [0.717, 1.165) is 6.42 Å². The summed E-state index contributed by atoms with van der Waals surface area (Å²) >= 11 is 0. The van der Waals surface area contributed by atoms with Crippen molar-refractivity contribution in [3.05, 3.63) is 33.9 Å². The van der Waals surface area contributed by atoms with Gasteiger partial charge in [0.2, 0.25) is 0 Å². The van der Waals surface area contributed by atoms with Gasteiger partial charge in [0.1, 0.15) is 0 Å². The van der Waals surface area contributed by atoms with E-state index >= 15 is 0 Å². The van der Waals surface area contributed by atoms with E-state index in [1.807, 2.05) is 6.92 Å². The van der Waals surface area contributed by atoms with Gasteiger partial charge >= 0.3 is 0 Å². The standard InChI is InChI=1S/C10H10N2O2/c1-2-3-4-8-5-6-9(12(13)14)7-10(8)11/h5-7H,2,11H2,1H3. The number of hydrogen-bond acceptors (Lipinski definition) is 3. The molecule has 0 bridgehead atoms. The van der Waals surface area contributed by atoms with Crippen LogP contribution in [-0.4, -0.2) is 4.92 Å². The second kappa shape index (κ2) is 4.28. The Kier molecular flexibility index (Phi) is 3.08. The van der Waals surface area contributed by atoms with Gasteiger partial charge in [-0.25, -0.2) is 0 Å². The van der Waals surface area contributed by atoms with Crippen molar-refractivity contribution in [1.29, 1.82) is 0 Å². The Morgan fingerprint density at radius 1 is 1.57 bits per heavy atom. The second-order valence-electron chi connectivity index (χ2n) is 2.68. The molecular weight excluding hydrogens is 180 g/mol. The van der Waals surface area contributed by atoms with E-state index in [-0.39, 0.29) is 5.69 Å². The maximum atomic E-state index is 10.4. The van der Waals surface area contributed by atoms with E-state index in [4.69, 9.17) is 5.73 Å². The number of rotatable bonds is 1. The van der Waals surface area contributed by atoms with Crippen LogP contribution < -0.4 is 5.73 Å². The topological polar surface area (TPSA) is 69.2 Å². The van der Waals surface area contributed by atoms with Crippen LogP contribution in [-0.2, 0) is 0 Å². The van der Waals surface area contributed by atoms with Crippen molar-refractivity contribution in [2.75, 3.05) is 5.73 Å². The highest BCUT2D eigenvalue weighted by Crippen LogP contribution is 2.18. The van der Waals surface area contributed by atoms with E-state index in [2.05, 4.69) is 11.8 Å². The molecule has 0 amide bonds. The monoisotopic (exact) mass is 190 g/mol. The largest absolute Gasteiger partial charge is 0.398 e. The Balaban J connectivity index is 3.07. The molecule has 1 aromatic rings. The van der Waals surface area contributed by atoms with E-state index < -0.39 is 4.92 Å². The number of benzene rings is 1. The summed E-state index contributed by atoms with van der Waals surface area (Å²) in [6.07, 6.45) is 0.733. The van der Waals surface area contributed by atoms with Gasteiger partial charge in [-0.15, -0.1) is 0 Å². The van der Waals surface area contributed by atoms with Gasteiger partial charge in [0.15, 0.2) is 0 Å². The molecule has 0 aliphatic carbocycles. The van der Waals surface area contributed by atoms with Crippen molar-refractivity contribution in [3.63, 3.8) is 0 Å². The van der Waals surface area contributed by atoms with Crippen molar-refractivity contribution in [2.24, 2.45) is 0 Å². The molecule has 0 atom stereocenters. The van der Waals surface area contributed by atoms with Gasteiger partial charge < -0.3 is 5.73 Å². The first-order valence-corrected chi connectivity index (χ1v) is 4.18. The molecule has 0 saturated heterocycles. The van der Waals surface area contributed by atoms with Crippen molar-refractivity contribution < 1.29 is 4.92 Å². The molecule has 0 aliphatic heterocycles. The molecule has 2 N–H and O–H groups in total. The Bertz CT molecular complexity index is 416. The van der Waals surface area contributed by atoms with E-state index in [1.165, 1.54) is 12.1 Å². The lowest BCUT2D eigenvalue weighted by Gasteiger charge is -1.97. The third-order valence-electron chi connectivity index (χ3n) is 1.65. The molecule has 0 fully saturated rings. The molecule has 4 nitrogen and oxygen atoms in total. The van der Waals surface area contributed by atoms with Crippen LogP contribution in [0.5, 0.6) is 0 Å². The van der Waals surface area contributed by atoms with Gasteiger partial charge in [0, 0.05) is 24.1 Å². The SMILES string of the molecule is CCC#Cc1ccc([N+](=O)[O-])cc1N. The quantitative estimate of drug-likeness (QED) is 0.318. The maximum absolute atomic E-state index is 10.4. The summed E-state index contributed by atoms with van der Waals surface area (Å²) in [4.78, 5) is 9.91. The first-order valence-electron chi connectivity index (χ1n) is 4.18. The molecule has 72 valence electrons. The van der Waals surface area contributed by atoms with Crippen molar-refractivity contribution in [3.8, 4) is 11.8 Å². The third kappa shape index (κ3) is 2.23. The summed E-state index contributed by atoms with van der Waals surface area (Å²) in [6.45, 7) is 1.93. The minimum atomic E-state index is -0.479. The lowest BCUT2D eigenvalue weighted by atomic mass is 10.1. The highest BCUT2D eigenvalue weighted by molar-refractivity contribution is 5.60. The van der Waals surface area contributed by atoms with Crippen LogP contribution >= 0.6 is 0 Å². The van der Waals surface area contributed by atoms with Crippen LogP contribution in [0.1, 0.15) is 18.9 Å². The number of nitrogens with two attached hydrogens (primary N) is 1. The lowest BCUT2D eigenvalue weighted by molar-refractivity contribution is -0.384. The molecule has 0 aromatic heterocycles. The number of hydrogen-bond donors (Lipinski definition) is 1. The zero-order valence-electron chi connectivity index (χ0n) is 7.78. The predicted molar refractivity (Wildman–Crippen MR) is 54.7 cm³/mol. The Morgan fingerprint density at radius 3 is 2.79 bits per heavy atom. The summed E-state index contributed by atoms with van der Waals surface area (Å²) < 4.78 is 0. The fraction of sp³-hybridized carbons (Fsp3) is 0.200. The molecule has 0 radical (unpaired) electrons. The summed E-state index contributed by atoms with van der Waals surface area (Å²) in [6, 6.07) is 4.28. The summed E-state index contributed by atoms with van der Waals surface area (Å²) in [5, 5.41) is 10.4. The highest BCUT2D eigenvalue weighted by atomic mass is 16.6. The molecule has 0 unspecified atom stereocenters. The normalized spacial score (nSPS) is 8.93. The molecule has 1 rings (SSSR count). The van der Waals surface area contributed by atoms with Gasteiger partial charge in [-0.1, -0.05) is 18.8 Å². The molecular formula is C10H10N2O2. The van der Waals surface area contributed by atoms with Crippen LogP contribution in [0, 0.1) is 22.0 Å². The first kappa shape index (κ1) is 10.1. The van der Waals surface area contributed by atoms with Crippen LogP contribution in [0.15, 0.2) is 18.2 Å². The van der Waals surface area contributed by atoms with Gasteiger partial charge in [0.05, 0.1) is 10.6 Å². The molecule has 4 heteroatoms. The minimum Gasteiger partial charge on any atom is -0.398 e. The van der Waals surface area contributed by atoms with Crippen LogP contribution in [0.2, 0.25) is 0 Å². The van der Waals surface area contributed by atoms with Crippen molar-refractivity contribution in [2.45, 2.75) is 13.3 Å². The van der Waals surface area contributed by atoms with E-state index in [9.17, 15) is 10.1 Å². The van der Waals surface area contributed by atoms with Gasteiger partial charge in [-0.05, 0) is 6.07 Å². The number of non-ortho nitro benzene ring substituents is 1. The van der Waals surface area contributed by atoms with Crippen LogP contribution in [0.3, 0.4) is 0 Å². The van der Waals surface area contributed by atoms with Crippen LogP contribution in [0.4, 0.5) is 11.4 Å². The van der Waals surface area contributed by atoms with Crippen molar-refractivity contribution >= 4 is 11.4 Å². The number of nitrogen functional groups attached to an aromatic ring is 1. The first-order chi connectivity index (χ1) is 6.65. The highest BCUT2D eigenvalue weighted by Gasteiger charge is 2.06. The number of anilines is 1. The molecule has 1 aromatic carbocycles. The van der Waals surface area contributed by atoms with Gasteiger partial charge in [-0.2, -0.15) is 0 Å². The molecule has 0 aliphatic rings. The summed E-state index contributed by atoms with van der Waals surface area (Å²) in [5.41, 5.74) is 6.57. The number of nitro groups is 1. The van der Waals surface area contributed by atoms with Gasteiger partial charge in [-0.3, -0.25) is 10.1 Å². The Labute approximate surface area is 81.9 Å². The summed E-state index contributed by atoms with van der Waals surface area (Å²) in [7, 11) is 0. The number of nitro benzene ring substituents is 1. The average Bonchev–Trinajstić information content (AvgIpc) is 2.15. The van der Waals surface area contributed by atoms with Crippen LogP contribution in [0.25, 0.3) is 0 Å². The molecule has 0 spiro atoms. The predicted octanol–water partition coefficient (Wildman–Crippen LogP) is 1.94. The molecule has 0 saturated carbocycles. The zero-order valence-corrected chi connectivity index (χ0v) is 7.78. The average molecular weight is 190 g/mol. The zero-order chi connectivity index (χ0) is 10.6. The maximum Gasteiger partial charge on any atom is 0.271 e. The summed E-state index contributed by atoms with van der Waals surface area (Å²) in [5.74, 6) is 5.69. The van der Waals surface area contributed by atoms with Crippen molar-refractivity contribution in [1.82, 2.24) is 0 Å². The van der Waals surface area contributed by atoms with Gasteiger partial charge in [0.25, 0.3) is 5.69 Å². The Hall–Kier alpha value is -2.02. The Morgan fingerprint density at radius 2 is 2.29 bits per heavy atom. The molecule has 0 heterocycles. The smallest absolute Gasteiger partial charge is 0.271 e. The fourth-order valence-corrected chi connectivity index (χ4v) is 0.961. The molecule has 14 heavy (non-hydrogen) atoms. The second-order valence-corrected chi connectivity index (χ2v) is 2.68.